The van der Waals surface area contributed by atoms with E-state index < -0.39 is 0 Å². The topological polar surface area (TPSA) is 49.9 Å². The molecule has 0 aliphatic carbocycles. The molecule has 0 aliphatic heterocycles. The number of halogens is 1. The monoisotopic (exact) mass is 293 g/mol. The normalized spacial score (nSPS) is 12.3. The third-order valence-electron chi connectivity index (χ3n) is 3.16. The van der Waals surface area contributed by atoms with Crippen LogP contribution < -0.4 is 10.1 Å². The molecule has 1 heterocycles. The van der Waals surface area contributed by atoms with Crippen LogP contribution in [0.25, 0.3) is 0 Å². The number of hydrogen-bond acceptors (Lipinski definition) is 3. The summed E-state index contributed by atoms with van der Waals surface area (Å²) < 4.78 is 5.41. The Balaban J connectivity index is 2.21. The third kappa shape index (κ3) is 3.74. The maximum atomic E-state index is 6.09. The molecule has 0 bridgehead atoms. The number of imidazole rings is 1. The Bertz CT molecular complexity index is 528. The minimum absolute atomic E-state index is 0.123. The van der Waals surface area contributed by atoms with Crippen molar-refractivity contribution in [2.75, 3.05) is 13.7 Å². The van der Waals surface area contributed by atoms with Gasteiger partial charge in [-0.3, -0.25) is 0 Å². The molecule has 0 spiro atoms. The highest BCUT2D eigenvalue weighted by Crippen LogP contribution is 2.26. The van der Waals surface area contributed by atoms with Crippen LogP contribution in [-0.4, -0.2) is 23.6 Å². The van der Waals surface area contributed by atoms with Crippen molar-refractivity contribution in [1.82, 2.24) is 15.3 Å². The molecule has 0 saturated heterocycles. The highest BCUT2D eigenvalue weighted by molar-refractivity contribution is 6.30. The lowest BCUT2D eigenvalue weighted by atomic mass is 10.0. The van der Waals surface area contributed by atoms with E-state index in [9.17, 15) is 0 Å². The van der Waals surface area contributed by atoms with E-state index in [2.05, 4.69) is 22.2 Å². The molecule has 0 aliphatic rings. The number of hydrogen-bond donors (Lipinski definition) is 2. The lowest BCUT2D eigenvalue weighted by Crippen LogP contribution is -2.25. The van der Waals surface area contributed by atoms with Gasteiger partial charge in [0.15, 0.2) is 0 Å². The Kier molecular flexibility index (Phi) is 5.44. The van der Waals surface area contributed by atoms with Crippen LogP contribution >= 0.6 is 11.6 Å². The second-order valence-corrected chi connectivity index (χ2v) is 5.08. The van der Waals surface area contributed by atoms with E-state index in [0.717, 1.165) is 41.5 Å². The zero-order chi connectivity index (χ0) is 14.4. The molecule has 5 heteroatoms. The van der Waals surface area contributed by atoms with Crippen LogP contribution in [0.1, 0.15) is 30.8 Å². The van der Waals surface area contributed by atoms with Gasteiger partial charge in [0.2, 0.25) is 0 Å². The van der Waals surface area contributed by atoms with E-state index in [1.54, 1.807) is 13.3 Å². The SMILES string of the molecule is CCCNC(Cc1cc(Cl)ccc1OC)c1ncc[nH]1. The van der Waals surface area contributed by atoms with Crippen molar-refractivity contribution in [2.45, 2.75) is 25.8 Å². The van der Waals surface area contributed by atoms with Crippen LogP contribution in [0.3, 0.4) is 0 Å². The standard InChI is InChI=1S/C15H20ClN3O/c1-3-6-17-13(15-18-7-8-19-15)10-11-9-12(16)4-5-14(11)20-2/h4-5,7-9,13,17H,3,6,10H2,1-2H3,(H,18,19). The molecule has 0 fully saturated rings. The molecule has 2 aromatic rings. The second kappa shape index (κ2) is 7.31. The van der Waals surface area contributed by atoms with Crippen molar-refractivity contribution in [1.29, 1.82) is 0 Å². The highest BCUT2D eigenvalue weighted by atomic mass is 35.5. The fourth-order valence-corrected chi connectivity index (χ4v) is 2.37. The minimum atomic E-state index is 0.123. The van der Waals surface area contributed by atoms with Gasteiger partial charge in [0.25, 0.3) is 0 Å². The van der Waals surface area contributed by atoms with Crippen LogP contribution in [0.15, 0.2) is 30.6 Å². The van der Waals surface area contributed by atoms with E-state index in [-0.39, 0.29) is 6.04 Å². The first kappa shape index (κ1) is 14.9. The molecule has 1 aromatic heterocycles. The van der Waals surface area contributed by atoms with Crippen molar-refractivity contribution in [3.8, 4) is 5.75 Å². The Morgan fingerprint density at radius 2 is 2.30 bits per heavy atom. The van der Waals surface area contributed by atoms with Crippen LogP contribution in [0, 0.1) is 0 Å². The molecule has 20 heavy (non-hydrogen) atoms. The first-order valence-electron chi connectivity index (χ1n) is 6.79. The van der Waals surface area contributed by atoms with Gasteiger partial charge in [-0.25, -0.2) is 4.98 Å². The lowest BCUT2D eigenvalue weighted by molar-refractivity contribution is 0.404. The average Bonchev–Trinajstić information content (AvgIpc) is 2.97. The minimum Gasteiger partial charge on any atom is -0.496 e. The molecule has 2 N–H and O–H groups in total. The Morgan fingerprint density at radius 3 is 2.95 bits per heavy atom. The molecule has 1 atom stereocenters. The largest absolute Gasteiger partial charge is 0.496 e. The van der Waals surface area contributed by atoms with Gasteiger partial charge in [0, 0.05) is 17.4 Å². The van der Waals surface area contributed by atoms with E-state index in [0.29, 0.717) is 0 Å². The maximum Gasteiger partial charge on any atom is 0.123 e. The number of rotatable bonds is 7. The summed E-state index contributed by atoms with van der Waals surface area (Å²) in [7, 11) is 1.67. The highest BCUT2D eigenvalue weighted by Gasteiger charge is 2.16. The average molecular weight is 294 g/mol. The second-order valence-electron chi connectivity index (χ2n) is 4.64. The summed E-state index contributed by atoms with van der Waals surface area (Å²) in [6.45, 7) is 3.08. The van der Waals surface area contributed by atoms with E-state index in [4.69, 9.17) is 16.3 Å². The molecule has 4 nitrogen and oxygen atoms in total. The predicted molar refractivity (Wildman–Crippen MR) is 81.3 cm³/mol. The quantitative estimate of drug-likeness (QED) is 0.823. The maximum absolute atomic E-state index is 6.09. The van der Waals surface area contributed by atoms with Gasteiger partial charge < -0.3 is 15.0 Å². The fraction of sp³-hybridized carbons (Fsp3) is 0.400. The molecule has 0 amide bonds. The van der Waals surface area contributed by atoms with Crippen LogP contribution in [0.4, 0.5) is 0 Å². The number of H-pyrrole nitrogens is 1. The third-order valence-corrected chi connectivity index (χ3v) is 3.39. The number of nitrogens with zero attached hydrogens (tertiary/aromatic N) is 1. The summed E-state index contributed by atoms with van der Waals surface area (Å²) >= 11 is 6.09. The first-order valence-corrected chi connectivity index (χ1v) is 7.17. The number of aromatic amines is 1. The van der Waals surface area contributed by atoms with Gasteiger partial charge in [-0.1, -0.05) is 18.5 Å². The summed E-state index contributed by atoms with van der Waals surface area (Å²) in [5.41, 5.74) is 1.07. The Labute approximate surface area is 124 Å². The zero-order valence-electron chi connectivity index (χ0n) is 11.8. The van der Waals surface area contributed by atoms with Crippen LogP contribution in [0.5, 0.6) is 5.75 Å². The Morgan fingerprint density at radius 1 is 1.45 bits per heavy atom. The van der Waals surface area contributed by atoms with Gasteiger partial charge in [-0.2, -0.15) is 0 Å². The van der Waals surface area contributed by atoms with Gasteiger partial charge in [-0.15, -0.1) is 0 Å². The van der Waals surface area contributed by atoms with E-state index in [1.807, 2.05) is 24.4 Å². The van der Waals surface area contributed by atoms with Gasteiger partial charge >= 0.3 is 0 Å². The predicted octanol–water partition coefficient (Wildman–Crippen LogP) is 3.36. The summed E-state index contributed by atoms with van der Waals surface area (Å²) in [4.78, 5) is 7.52. The van der Waals surface area contributed by atoms with Crippen molar-refractivity contribution >= 4 is 11.6 Å². The van der Waals surface area contributed by atoms with E-state index >= 15 is 0 Å². The molecule has 1 unspecified atom stereocenters. The summed E-state index contributed by atoms with van der Waals surface area (Å²) in [6.07, 6.45) is 5.46. The van der Waals surface area contributed by atoms with Gasteiger partial charge in [-0.05, 0) is 43.1 Å². The molecule has 0 radical (unpaired) electrons. The summed E-state index contributed by atoms with van der Waals surface area (Å²) in [6, 6.07) is 5.81. The Hall–Kier alpha value is -1.52. The number of aromatic nitrogens is 2. The van der Waals surface area contributed by atoms with Gasteiger partial charge in [0.1, 0.15) is 11.6 Å². The summed E-state index contributed by atoms with van der Waals surface area (Å²) in [5.74, 6) is 1.78. The molecular weight excluding hydrogens is 274 g/mol. The number of ether oxygens (including phenoxy) is 1. The molecule has 0 saturated carbocycles. The summed E-state index contributed by atoms with van der Waals surface area (Å²) in [5, 5.41) is 4.22. The first-order chi connectivity index (χ1) is 9.74. The van der Waals surface area contributed by atoms with Crippen molar-refractivity contribution in [3.63, 3.8) is 0 Å². The molecule has 1 aromatic carbocycles. The van der Waals surface area contributed by atoms with Crippen molar-refractivity contribution in [2.24, 2.45) is 0 Å². The van der Waals surface area contributed by atoms with Gasteiger partial charge in [0.05, 0.1) is 13.2 Å². The fourth-order valence-electron chi connectivity index (χ4n) is 2.18. The van der Waals surface area contributed by atoms with Crippen molar-refractivity contribution in [3.05, 3.63) is 47.0 Å². The van der Waals surface area contributed by atoms with E-state index in [1.165, 1.54) is 0 Å². The number of benzene rings is 1. The zero-order valence-corrected chi connectivity index (χ0v) is 12.6. The molecular formula is C15H20ClN3O. The number of nitrogens with one attached hydrogen (secondary N) is 2. The van der Waals surface area contributed by atoms with Crippen LogP contribution in [0.2, 0.25) is 5.02 Å². The number of methoxy groups -OCH3 is 1. The molecule has 2 rings (SSSR count). The van der Waals surface area contributed by atoms with Crippen molar-refractivity contribution < 1.29 is 4.74 Å². The smallest absolute Gasteiger partial charge is 0.123 e. The lowest BCUT2D eigenvalue weighted by Gasteiger charge is -2.18. The van der Waals surface area contributed by atoms with Crippen LogP contribution in [-0.2, 0) is 6.42 Å². The molecule has 108 valence electrons.